The number of ether oxygens (including phenoxy) is 1. The molecule has 0 bridgehead atoms. The molecule has 1 unspecified atom stereocenters. The van der Waals surface area contributed by atoms with Crippen molar-refractivity contribution in [2.75, 3.05) is 5.32 Å². The van der Waals surface area contributed by atoms with E-state index in [4.69, 9.17) is 28.6 Å². The van der Waals surface area contributed by atoms with Gasteiger partial charge in [0.05, 0.1) is 16.3 Å². The number of benzene rings is 2. The maximum Gasteiger partial charge on any atom is 0.257 e. The van der Waals surface area contributed by atoms with Crippen LogP contribution in [0.5, 0.6) is 5.75 Å². The maximum absolute atomic E-state index is 12.3. The lowest BCUT2D eigenvalue weighted by Crippen LogP contribution is -2.34. The summed E-state index contributed by atoms with van der Waals surface area (Å²) in [6.45, 7) is 4.06. The molecule has 1 heterocycles. The van der Waals surface area contributed by atoms with Crippen LogP contribution in [0.2, 0.25) is 5.02 Å². The second-order valence-electron chi connectivity index (χ2n) is 5.90. The van der Waals surface area contributed by atoms with Gasteiger partial charge in [-0.25, -0.2) is 4.98 Å². The number of amides is 1. The Labute approximate surface area is 171 Å². The number of thiocarbonyl (C=S) groups is 1. The number of nitrogens with zero attached hydrogens (tertiary/aromatic N) is 1. The summed E-state index contributed by atoms with van der Waals surface area (Å²) >= 11 is 12.6. The predicted molar refractivity (Wildman–Crippen MR) is 115 cm³/mol. The van der Waals surface area contributed by atoms with Crippen molar-refractivity contribution in [3.05, 3.63) is 53.1 Å². The molecule has 0 saturated carbocycles. The highest BCUT2D eigenvalue weighted by Crippen LogP contribution is 2.28. The third-order valence-corrected chi connectivity index (χ3v) is 5.20. The van der Waals surface area contributed by atoms with Crippen molar-refractivity contribution < 1.29 is 9.53 Å². The van der Waals surface area contributed by atoms with E-state index in [0.29, 0.717) is 15.7 Å². The van der Waals surface area contributed by atoms with Crippen molar-refractivity contribution >= 4 is 61.5 Å². The minimum Gasteiger partial charge on any atom is -0.491 e. The number of thiazole rings is 1. The molecule has 140 valence electrons. The average molecular weight is 420 g/mol. The zero-order valence-electron chi connectivity index (χ0n) is 14.8. The number of carbonyl (C=O) groups excluding carboxylic acids is 1. The monoisotopic (exact) mass is 419 g/mol. The first-order chi connectivity index (χ1) is 12.9. The van der Waals surface area contributed by atoms with Gasteiger partial charge in [-0.15, -0.1) is 0 Å². The number of carbonyl (C=O) groups is 1. The van der Waals surface area contributed by atoms with Crippen LogP contribution in [0.1, 0.15) is 30.6 Å². The van der Waals surface area contributed by atoms with Crippen molar-refractivity contribution in [2.45, 2.75) is 26.4 Å². The molecule has 0 aliphatic heterocycles. The Hall–Kier alpha value is -2.22. The lowest BCUT2D eigenvalue weighted by atomic mass is 10.2. The summed E-state index contributed by atoms with van der Waals surface area (Å²) in [5, 5.41) is 7.01. The van der Waals surface area contributed by atoms with Crippen molar-refractivity contribution in [2.24, 2.45) is 0 Å². The van der Waals surface area contributed by atoms with Gasteiger partial charge in [0.15, 0.2) is 10.2 Å². The van der Waals surface area contributed by atoms with Crippen molar-refractivity contribution in [1.82, 2.24) is 10.3 Å². The van der Waals surface area contributed by atoms with E-state index in [1.807, 2.05) is 19.1 Å². The minimum atomic E-state index is -0.299. The van der Waals surface area contributed by atoms with Crippen LogP contribution in [0.3, 0.4) is 0 Å². The lowest BCUT2D eigenvalue weighted by molar-refractivity contribution is 0.0977. The van der Waals surface area contributed by atoms with E-state index in [9.17, 15) is 4.79 Å². The summed E-state index contributed by atoms with van der Waals surface area (Å²) in [6.07, 6.45) is 1.05. The fourth-order valence-electron chi connectivity index (χ4n) is 2.26. The van der Waals surface area contributed by atoms with Gasteiger partial charge in [-0.05, 0) is 68.0 Å². The summed E-state index contributed by atoms with van der Waals surface area (Å²) < 4.78 is 6.65. The van der Waals surface area contributed by atoms with Gasteiger partial charge < -0.3 is 10.1 Å². The van der Waals surface area contributed by atoms with E-state index in [2.05, 4.69) is 22.5 Å². The smallest absolute Gasteiger partial charge is 0.257 e. The zero-order chi connectivity index (χ0) is 19.4. The summed E-state index contributed by atoms with van der Waals surface area (Å²) in [7, 11) is 0. The Morgan fingerprint density at radius 3 is 2.74 bits per heavy atom. The lowest BCUT2D eigenvalue weighted by Gasteiger charge is -2.13. The molecular formula is C19H18ClN3O2S2. The van der Waals surface area contributed by atoms with Crippen molar-refractivity contribution in [1.29, 1.82) is 0 Å². The first-order valence-electron chi connectivity index (χ1n) is 8.39. The van der Waals surface area contributed by atoms with Gasteiger partial charge >= 0.3 is 0 Å². The number of halogens is 1. The molecule has 1 aromatic heterocycles. The van der Waals surface area contributed by atoms with Crippen LogP contribution in [0.15, 0.2) is 42.5 Å². The number of hydrogen-bond acceptors (Lipinski definition) is 5. The topological polar surface area (TPSA) is 63.2 Å². The molecule has 0 saturated heterocycles. The fraction of sp³-hybridized carbons (Fsp3) is 0.211. The molecule has 0 aliphatic rings. The van der Waals surface area contributed by atoms with E-state index < -0.39 is 0 Å². The highest BCUT2D eigenvalue weighted by atomic mass is 35.5. The molecule has 8 heteroatoms. The number of fused-ring (bicyclic) bond motifs is 1. The molecule has 3 rings (SSSR count). The number of hydrogen-bond donors (Lipinski definition) is 2. The maximum atomic E-state index is 12.3. The average Bonchev–Trinajstić information content (AvgIpc) is 3.03. The van der Waals surface area contributed by atoms with Crippen LogP contribution >= 0.6 is 35.2 Å². The van der Waals surface area contributed by atoms with E-state index in [-0.39, 0.29) is 17.1 Å². The van der Waals surface area contributed by atoms with E-state index in [1.165, 1.54) is 11.3 Å². The summed E-state index contributed by atoms with van der Waals surface area (Å²) in [5.41, 5.74) is 1.31. The third-order valence-electron chi connectivity index (χ3n) is 3.83. The molecule has 0 aliphatic carbocycles. The van der Waals surface area contributed by atoms with Crippen LogP contribution < -0.4 is 15.4 Å². The first-order valence-corrected chi connectivity index (χ1v) is 10.00. The summed E-state index contributed by atoms with van der Waals surface area (Å²) in [4.78, 5) is 16.8. The number of nitrogens with one attached hydrogen (secondary N) is 2. The van der Waals surface area contributed by atoms with Gasteiger partial charge in [-0.2, -0.15) is 0 Å². The van der Waals surface area contributed by atoms with E-state index in [0.717, 1.165) is 22.4 Å². The quantitative estimate of drug-likeness (QED) is 0.552. The standard InChI is InChI=1S/C19H18ClN3O2S2/c1-3-11(2)25-14-7-4-12(5-8-14)17(24)22-18(26)23-19-21-15-9-6-13(20)10-16(15)27-19/h4-11H,3H2,1-2H3,(H2,21,22,23,24,26). The fourth-order valence-corrected chi connectivity index (χ4v) is 3.66. The highest BCUT2D eigenvalue weighted by molar-refractivity contribution is 7.80. The van der Waals surface area contributed by atoms with Gasteiger partial charge in [0.25, 0.3) is 5.91 Å². The van der Waals surface area contributed by atoms with Crippen LogP contribution in [0.25, 0.3) is 10.2 Å². The Bertz CT molecular complexity index is 973. The number of aromatic nitrogens is 1. The molecule has 0 fully saturated rings. The van der Waals surface area contributed by atoms with Crippen LogP contribution in [-0.2, 0) is 0 Å². The molecule has 27 heavy (non-hydrogen) atoms. The van der Waals surface area contributed by atoms with Crippen LogP contribution in [0, 0.1) is 0 Å². The Morgan fingerprint density at radius 1 is 1.30 bits per heavy atom. The van der Waals surface area contributed by atoms with E-state index >= 15 is 0 Å². The number of anilines is 1. The normalized spacial score (nSPS) is 11.8. The molecule has 0 spiro atoms. The van der Waals surface area contributed by atoms with Gasteiger partial charge in [0.2, 0.25) is 0 Å². The van der Waals surface area contributed by atoms with Crippen molar-refractivity contribution in [3.63, 3.8) is 0 Å². The SMILES string of the molecule is CCC(C)Oc1ccc(C(=O)NC(=S)Nc2nc3ccc(Cl)cc3s2)cc1. The highest BCUT2D eigenvalue weighted by Gasteiger charge is 2.11. The molecule has 5 nitrogen and oxygen atoms in total. The largest absolute Gasteiger partial charge is 0.491 e. The van der Waals surface area contributed by atoms with Crippen LogP contribution in [-0.4, -0.2) is 22.1 Å². The second kappa shape index (κ2) is 8.65. The Balaban J connectivity index is 1.60. The van der Waals surface area contributed by atoms with Crippen LogP contribution in [0.4, 0.5) is 5.13 Å². The Morgan fingerprint density at radius 2 is 2.04 bits per heavy atom. The summed E-state index contributed by atoms with van der Waals surface area (Å²) in [5.74, 6) is 0.432. The van der Waals surface area contributed by atoms with Gasteiger partial charge in [0, 0.05) is 10.6 Å². The Kier molecular flexibility index (Phi) is 6.26. The molecule has 1 atom stereocenters. The molecular weight excluding hydrogens is 402 g/mol. The molecule has 0 radical (unpaired) electrons. The predicted octanol–water partition coefficient (Wildman–Crippen LogP) is 5.25. The van der Waals surface area contributed by atoms with Gasteiger partial charge in [-0.1, -0.05) is 29.9 Å². The first kappa shape index (κ1) is 19.5. The second-order valence-corrected chi connectivity index (χ2v) is 7.78. The van der Waals surface area contributed by atoms with Gasteiger partial charge in [-0.3, -0.25) is 10.1 Å². The molecule has 2 N–H and O–H groups in total. The molecule has 3 aromatic rings. The third kappa shape index (κ3) is 5.15. The van der Waals surface area contributed by atoms with Crippen molar-refractivity contribution in [3.8, 4) is 5.75 Å². The zero-order valence-corrected chi connectivity index (χ0v) is 17.2. The summed E-state index contributed by atoms with van der Waals surface area (Å²) in [6, 6.07) is 12.4. The number of rotatable bonds is 5. The molecule has 1 amide bonds. The van der Waals surface area contributed by atoms with Gasteiger partial charge in [0.1, 0.15) is 5.75 Å². The minimum absolute atomic E-state index is 0.130. The van der Waals surface area contributed by atoms with E-state index in [1.54, 1.807) is 30.3 Å². The molecule has 2 aromatic carbocycles.